The molecule has 0 atom stereocenters. The third-order valence-electron chi connectivity index (χ3n) is 1.41. The standard InChI is InChI=1S/C7H9ClN2O2S/c8-6-1-2-7(10-5-6)13(11,12)4-3-9/h1-2,5H,3-4,9H2. The average molecular weight is 221 g/mol. The van der Waals surface area contributed by atoms with E-state index >= 15 is 0 Å². The molecule has 1 rings (SSSR count). The van der Waals surface area contributed by atoms with E-state index in [1.54, 1.807) is 0 Å². The Kier molecular flexibility index (Phi) is 3.24. The van der Waals surface area contributed by atoms with E-state index in [1.807, 2.05) is 0 Å². The molecule has 0 aliphatic carbocycles. The molecule has 1 aromatic rings. The van der Waals surface area contributed by atoms with E-state index in [0.29, 0.717) is 5.02 Å². The maximum Gasteiger partial charge on any atom is 0.196 e. The number of halogens is 1. The summed E-state index contributed by atoms with van der Waals surface area (Å²) < 4.78 is 22.7. The van der Waals surface area contributed by atoms with Crippen molar-refractivity contribution in [1.29, 1.82) is 0 Å². The number of nitrogens with two attached hydrogens (primary N) is 1. The summed E-state index contributed by atoms with van der Waals surface area (Å²) in [5.74, 6) is -0.0956. The Bertz CT molecular complexity index is 374. The third-order valence-corrected chi connectivity index (χ3v) is 3.28. The topological polar surface area (TPSA) is 73.1 Å². The fourth-order valence-corrected chi connectivity index (χ4v) is 1.93. The predicted molar refractivity (Wildman–Crippen MR) is 50.4 cm³/mol. The molecule has 1 aromatic heterocycles. The highest BCUT2D eigenvalue weighted by Crippen LogP contribution is 2.11. The van der Waals surface area contributed by atoms with Gasteiger partial charge in [-0.05, 0) is 12.1 Å². The predicted octanol–water partition coefficient (Wildman–Crippen LogP) is 0.467. The lowest BCUT2D eigenvalue weighted by molar-refractivity contribution is 0.592. The van der Waals surface area contributed by atoms with Gasteiger partial charge in [-0.2, -0.15) is 0 Å². The first-order chi connectivity index (χ1) is 6.06. The molecule has 0 aromatic carbocycles. The van der Waals surface area contributed by atoms with Gasteiger partial charge in [0, 0.05) is 12.7 Å². The fraction of sp³-hybridized carbons (Fsp3) is 0.286. The van der Waals surface area contributed by atoms with Crippen LogP contribution < -0.4 is 5.73 Å². The van der Waals surface area contributed by atoms with Gasteiger partial charge in [0.15, 0.2) is 14.9 Å². The van der Waals surface area contributed by atoms with Crippen LogP contribution in [0.3, 0.4) is 0 Å². The van der Waals surface area contributed by atoms with Gasteiger partial charge in [0.1, 0.15) is 0 Å². The SMILES string of the molecule is NCCS(=O)(=O)c1ccc(Cl)cn1. The van der Waals surface area contributed by atoms with Crippen LogP contribution >= 0.6 is 11.6 Å². The molecule has 0 saturated heterocycles. The van der Waals surface area contributed by atoms with Crippen molar-refractivity contribution in [1.82, 2.24) is 4.98 Å². The zero-order valence-corrected chi connectivity index (χ0v) is 8.35. The number of aromatic nitrogens is 1. The summed E-state index contributed by atoms with van der Waals surface area (Å²) in [6, 6.07) is 2.85. The van der Waals surface area contributed by atoms with Crippen LogP contribution in [0.1, 0.15) is 0 Å². The molecular weight excluding hydrogens is 212 g/mol. The van der Waals surface area contributed by atoms with Crippen molar-refractivity contribution in [3.05, 3.63) is 23.4 Å². The number of hydrogen-bond donors (Lipinski definition) is 1. The Morgan fingerprint density at radius 2 is 2.15 bits per heavy atom. The van der Waals surface area contributed by atoms with Crippen molar-refractivity contribution >= 4 is 21.4 Å². The number of sulfone groups is 1. The summed E-state index contributed by atoms with van der Waals surface area (Å²) in [5.41, 5.74) is 5.15. The second kappa shape index (κ2) is 4.04. The largest absolute Gasteiger partial charge is 0.329 e. The number of nitrogens with zero attached hydrogens (tertiary/aromatic N) is 1. The molecule has 72 valence electrons. The summed E-state index contributed by atoms with van der Waals surface area (Å²) >= 11 is 5.56. The van der Waals surface area contributed by atoms with E-state index < -0.39 is 9.84 Å². The van der Waals surface area contributed by atoms with Crippen molar-refractivity contribution in [3.8, 4) is 0 Å². The molecule has 0 aliphatic heterocycles. The highest BCUT2D eigenvalue weighted by atomic mass is 35.5. The summed E-state index contributed by atoms with van der Waals surface area (Å²) in [5, 5.41) is 0.425. The third kappa shape index (κ3) is 2.65. The Morgan fingerprint density at radius 1 is 1.46 bits per heavy atom. The van der Waals surface area contributed by atoms with E-state index in [0.717, 1.165) is 0 Å². The van der Waals surface area contributed by atoms with Crippen LogP contribution in [0.2, 0.25) is 5.02 Å². The van der Waals surface area contributed by atoms with Gasteiger partial charge in [-0.25, -0.2) is 13.4 Å². The fourth-order valence-electron chi connectivity index (χ4n) is 0.806. The zero-order chi connectivity index (χ0) is 9.90. The van der Waals surface area contributed by atoms with Gasteiger partial charge in [-0.1, -0.05) is 11.6 Å². The molecule has 6 heteroatoms. The van der Waals surface area contributed by atoms with Crippen molar-refractivity contribution in [2.45, 2.75) is 5.03 Å². The lowest BCUT2D eigenvalue weighted by Crippen LogP contribution is -2.16. The van der Waals surface area contributed by atoms with Crippen molar-refractivity contribution in [2.75, 3.05) is 12.3 Å². The van der Waals surface area contributed by atoms with Crippen LogP contribution in [-0.2, 0) is 9.84 Å². The van der Waals surface area contributed by atoms with Crippen LogP contribution in [0.5, 0.6) is 0 Å². The molecule has 1 heterocycles. The minimum absolute atomic E-state index is 0.0161. The Balaban J connectivity index is 3.02. The first-order valence-electron chi connectivity index (χ1n) is 3.60. The molecule has 0 unspecified atom stereocenters. The van der Waals surface area contributed by atoms with Gasteiger partial charge in [-0.15, -0.1) is 0 Å². The molecule has 13 heavy (non-hydrogen) atoms. The van der Waals surface area contributed by atoms with Crippen LogP contribution in [0.4, 0.5) is 0 Å². The van der Waals surface area contributed by atoms with E-state index in [1.165, 1.54) is 18.3 Å². The lowest BCUT2D eigenvalue weighted by Gasteiger charge is -2.00. The normalized spacial score (nSPS) is 11.5. The van der Waals surface area contributed by atoms with Crippen LogP contribution in [0.25, 0.3) is 0 Å². The molecule has 0 bridgehead atoms. The monoisotopic (exact) mass is 220 g/mol. The summed E-state index contributed by atoms with van der Waals surface area (Å²) in [6.45, 7) is 0.0899. The number of pyridine rings is 1. The lowest BCUT2D eigenvalue weighted by atomic mass is 10.5. The minimum Gasteiger partial charge on any atom is -0.329 e. The van der Waals surface area contributed by atoms with E-state index in [4.69, 9.17) is 17.3 Å². The highest BCUT2D eigenvalue weighted by Gasteiger charge is 2.13. The van der Waals surface area contributed by atoms with Crippen LogP contribution in [0.15, 0.2) is 23.4 Å². The molecule has 0 radical (unpaired) electrons. The Labute approximate surface area is 81.6 Å². The van der Waals surface area contributed by atoms with Gasteiger partial charge in [0.25, 0.3) is 0 Å². The maximum absolute atomic E-state index is 11.4. The van der Waals surface area contributed by atoms with Crippen molar-refractivity contribution in [2.24, 2.45) is 5.73 Å². The quantitative estimate of drug-likeness (QED) is 0.804. The summed E-state index contributed by atoms with van der Waals surface area (Å²) in [6.07, 6.45) is 1.30. The van der Waals surface area contributed by atoms with E-state index in [2.05, 4.69) is 4.98 Å². The molecule has 0 saturated carbocycles. The summed E-state index contributed by atoms with van der Waals surface area (Å²) in [4.78, 5) is 3.69. The molecule has 4 nitrogen and oxygen atoms in total. The second-order valence-corrected chi connectivity index (χ2v) is 4.91. The van der Waals surface area contributed by atoms with Gasteiger partial charge in [0.05, 0.1) is 10.8 Å². The average Bonchev–Trinajstić information content (AvgIpc) is 2.05. The van der Waals surface area contributed by atoms with Gasteiger partial charge < -0.3 is 5.73 Å². The molecule has 2 N–H and O–H groups in total. The van der Waals surface area contributed by atoms with Crippen molar-refractivity contribution < 1.29 is 8.42 Å². The first-order valence-corrected chi connectivity index (χ1v) is 5.63. The Hall–Kier alpha value is -0.650. The first kappa shape index (κ1) is 10.4. The second-order valence-electron chi connectivity index (χ2n) is 2.42. The smallest absolute Gasteiger partial charge is 0.196 e. The molecule has 0 aliphatic rings. The zero-order valence-electron chi connectivity index (χ0n) is 6.77. The molecule has 0 amide bonds. The maximum atomic E-state index is 11.4. The van der Waals surface area contributed by atoms with E-state index in [-0.39, 0.29) is 17.3 Å². The molecule has 0 spiro atoms. The minimum atomic E-state index is -3.32. The number of rotatable bonds is 3. The van der Waals surface area contributed by atoms with E-state index in [9.17, 15) is 8.42 Å². The molecular formula is C7H9ClN2O2S. The van der Waals surface area contributed by atoms with Crippen LogP contribution in [0, 0.1) is 0 Å². The van der Waals surface area contributed by atoms with Gasteiger partial charge in [-0.3, -0.25) is 0 Å². The Morgan fingerprint density at radius 3 is 2.62 bits per heavy atom. The van der Waals surface area contributed by atoms with Gasteiger partial charge >= 0.3 is 0 Å². The highest BCUT2D eigenvalue weighted by molar-refractivity contribution is 7.91. The van der Waals surface area contributed by atoms with Crippen LogP contribution in [-0.4, -0.2) is 25.7 Å². The van der Waals surface area contributed by atoms with Crippen molar-refractivity contribution in [3.63, 3.8) is 0 Å². The summed E-state index contributed by atoms with van der Waals surface area (Å²) in [7, 11) is -3.32. The number of hydrogen-bond acceptors (Lipinski definition) is 4. The molecule has 0 fully saturated rings. The van der Waals surface area contributed by atoms with Gasteiger partial charge in [0.2, 0.25) is 0 Å².